The summed E-state index contributed by atoms with van der Waals surface area (Å²) in [6.07, 6.45) is 6.14. The first-order valence-corrected chi connectivity index (χ1v) is 6.60. The second-order valence-corrected chi connectivity index (χ2v) is 4.87. The highest BCUT2D eigenvalue weighted by atomic mass is 16.2. The molecule has 2 N–H and O–H groups in total. The fraction of sp³-hybridized carbons (Fsp3) is 0.583. The second-order valence-electron chi connectivity index (χ2n) is 4.87. The molecule has 1 aliphatic heterocycles. The van der Waals surface area contributed by atoms with E-state index < -0.39 is 0 Å². The van der Waals surface area contributed by atoms with Crippen LogP contribution in [0.25, 0.3) is 0 Å². The van der Waals surface area contributed by atoms with Gasteiger partial charge in [-0.25, -0.2) is 19.5 Å². The van der Waals surface area contributed by atoms with Crippen LogP contribution in [0.1, 0.15) is 24.6 Å². The summed E-state index contributed by atoms with van der Waals surface area (Å²) in [5, 5.41) is 5.36. The monoisotopic (exact) mass is 263 g/mol. The molecule has 2 fully saturated rings. The van der Waals surface area contributed by atoms with E-state index in [1.54, 1.807) is 6.20 Å². The van der Waals surface area contributed by atoms with Gasteiger partial charge in [0.1, 0.15) is 5.82 Å². The number of nitrogens with zero attached hydrogens (tertiary/aromatic N) is 3. The predicted octanol–water partition coefficient (Wildman–Crippen LogP) is 0.495. The van der Waals surface area contributed by atoms with Gasteiger partial charge >= 0.3 is 12.1 Å². The van der Waals surface area contributed by atoms with Gasteiger partial charge in [0.15, 0.2) is 0 Å². The summed E-state index contributed by atoms with van der Waals surface area (Å²) < 4.78 is 2.07. The molecule has 0 spiro atoms. The van der Waals surface area contributed by atoms with Crippen molar-refractivity contribution in [2.24, 2.45) is 0 Å². The number of imide groups is 1. The molecule has 4 amide bonds. The lowest BCUT2D eigenvalue weighted by molar-refractivity contribution is 0.198. The molecule has 0 radical (unpaired) electrons. The first-order chi connectivity index (χ1) is 9.25. The van der Waals surface area contributed by atoms with Crippen LogP contribution >= 0.6 is 0 Å². The van der Waals surface area contributed by atoms with Gasteiger partial charge in [0.05, 0.1) is 0 Å². The van der Waals surface area contributed by atoms with Gasteiger partial charge in [0.25, 0.3) is 0 Å². The highest BCUT2D eigenvalue weighted by Crippen LogP contribution is 2.38. The fourth-order valence-corrected chi connectivity index (χ4v) is 2.26. The molecule has 0 unspecified atom stereocenters. The quantitative estimate of drug-likeness (QED) is 0.830. The number of urea groups is 2. The third-order valence-corrected chi connectivity index (χ3v) is 3.42. The van der Waals surface area contributed by atoms with Crippen LogP contribution in [0.3, 0.4) is 0 Å². The van der Waals surface area contributed by atoms with Crippen LogP contribution in [0.15, 0.2) is 12.4 Å². The van der Waals surface area contributed by atoms with Crippen LogP contribution in [0, 0.1) is 0 Å². The molecule has 1 aromatic rings. The van der Waals surface area contributed by atoms with Crippen molar-refractivity contribution >= 4 is 12.1 Å². The maximum Gasteiger partial charge on any atom is 0.325 e. The van der Waals surface area contributed by atoms with E-state index >= 15 is 0 Å². The summed E-state index contributed by atoms with van der Waals surface area (Å²) in [5.41, 5.74) is 0. The Morgan fingerprint density at radius 3 is 3.05 bits per heavy atom. The molecule has 1 saturated carbocycles. The van der Waals surface area contributed by atoms with E-state index in [0.717, 1.165) is 5.82 Å². The smallest absolute Gasteiger partial charge is 0.325 e. The third-order valence-electron chi connectivity index (χ3n) is 3.42. The van der Waals surface area contributed by atoms with Crippen molar-refractivity contribution in [3.63, 3.8) is 0 Å². The zero-order valence-corrected chi connectivity index (χ0v) is 10.6. The number of nitrogens with one attached hydrogen (secondary N) is 2. The number of carbonyl (C=O) groups is 2. The highest BCUT2D eigenvalue weighted by molar-refractivity contribution is 5.94. The van der Waals surface area contributed by atoms with Crippen LogP contribution in [-0.4, -0.2) is 46.1 Å². The molecule has 1 saturated heterocycles. The van der Waals surface area contributed by atoms with E-state index in [9.17, 15) is 9.59 Å². The summed E-state index contributed by atoms with van der Waals surface area (Å²) in [5.74, 6) is 1.70. The van der Waals surface area contributed by atoms with Gasteiger partial charge in [-0.2, -0.15) is 0 Å². The average molecular weight is 263 g/mol. The van der Waals surface area contributed by atoms with Gasteiger partial charge in [0, 0.05) is 44.5 Å². The topological polar surface area (TPSA) is 79.3 Å². The van der Waals surface area contributed by atoms with Gasteiger partial charge in [-0.05, 0) is 12.8 Å². The van der Waals surface area contributed by atoms with Gasteiger partial charge < -0.3 is 15.2 Å². The standard InChI is InChI=1S/C12H17N5O2/c18-11(17-8-5-15-12(17)19)14-4-7-16-6-3-13-10(16)9-1-2-9/h3,6,9H,1-2,4-5,7-8H2,(H,14,18)(H,15,19). The van der Waals surface area contributed by atoms with E-state index in [4.69, 9.17) is 0 Å². The number of carbonyl (C=O) groups excluding carboxylic acids is 2. The van der Waals surface area contributed by atoms with Crippen LogP contribution in [0.4, 0.5) is 9.59 Å². The molecule has 2 aliphatic rings. The van der Waals surface area contributed by atoms with E-state index in [1.807, 2.05) is 6.20 Å². The Balaban J connectivity index is 1.48. The Morgan fingerprint density at radius 2 is 2.37 bits per heavy atom. The van der Waals surface area contributed by atoms with Crippen LogP contribution in [0.5, 0.6) is 0 Å². The summed E-state index contributed by atoms with van der Waals surface area (Å²) in [4.78, 5) is 28.6. The highest BCUT2D eigenvalue weighted by Gasteiger charge is 2.28. The van der Waals surface area contributed by atoms with Crippen LogP contribution in [0.2, 0.25) is 0 Å². The zero-order valence-electron chi connectivity index (χ0n) is 10.6. The molecule has 1 aromatic heterocycles. The fourth-order valence-electron chi connectivity index (χ4n) is 2.26. The average Bonchev–Trinajstić information content (AvgIpc) is 2.98. The SMILES string of the molecule is O=C1NCCN1C(=O)NCCn1ccnc1C1CC1. The first kappa shape index (κ1) is 12.0. The number of rotatable bonds is 4. The zero-order chi connectivity index (χ0) is 13.2. The van der Waals surface area contributed by atoms with Gasteiger partial charge in [0.2, 0.25) is 0 Å². The van der Waals surface area contributed by atoms with Crippen molar-refractivity contribution in [2.75, 3.05) is 19.6 Å². The number of aromatic nitrogens is 2. The lowest BCUT2D eigenvalue weighted by Crippen LogP contribution is -2.42. The number of amides is 4. The van der Waals surface area contributed by atoms with Crippen LogP contribution in [-0.2, 0) is 6.54 Å². The number of imidazole rings is 1. The molecule has 3 rings (SSSR count). The Hall–Kier alpha value is -2.05. The molecule has 2 heterocycles. The maximum absolute atomic E-state index is 11.7. The minimum absolute atomic E-state index is 0.321. The van der Waals surface area contributed by atoms with Crippen molar-refractivity contribution in [2.45, 2.75) is 25.3 Å². The molecule has 19 heavy (non-hydrogen) atoms. The largest absolute Gasteiger partial charge is 0.336 e. The molecule has 0 atom stereocenters. The molecule has 0 aromatic carbocycles. The van der Waals surface area contributed by atoms with Gasteiger partial charge in [-0.1, -0.05) is 0 Å². The van der Waals surface area contributed by atoms with Gasteiger partial charge in [-0.3, -0.25) is 0 Å². The molecular weight excluding hydrogens is 246 g/mol. The lowest BCUT2D eigenvalue weighted by atomic mass is 10.4. The minimum atomic E-state index is -0.330. The summed E-state index contributed by atoms with van der Waals surface area (Å²) >= 11 is 0. The summed E-state index contributed by atoms with van der Waals surface area (Å²) in [7, 11) is 0. The van der Waals surface area contributed by atoms with Gasteiger partial charge in [-0.15, -0.1) is 0 Å². The van der Waals surface area contributed by atoms with Crippen molar-refractivity contribution in [3.8, 4) is 0 Å². The normalized spacial score (nSPS) is 18.5. The summed E-state index contributed by atoms with van der Waals surface area (Å²) in [6.45, 7) is 2.15. The molecule has 1 aliphatic carbocycles. The minimum Gasteiger partial charge on any atom is -0.336 e. The molecular formula is C12H17N5O2. The Kier molecular flexibility index (Phi) is 3.10. The van der Waals surface area contributed by atoms with E-state index in [0.29, 0.717) is 32.1 Å². The summed E-state index contributed by atoms with van der Waals surface area (Å²) in [6, 6.07) is -0.651. The van der Waals surface area contributed by atoms with Crippen LogP contribution < -0.4 is 10.6 Å². The Bertz CT molecular complexity index is 494. The Labute approximate surface area is 111 Å². The Morgan fingerprint density at radius 1 is 1.53 bits per heavy atom. The first-order valence-electron chi connectivity index (χ1n) is 6.60. The van der Waals surface area contributed by atoms with Crippen molar-refractivity contribution in [1.29, 1.82) is 0 Å². The third kappa shape index (κ3) is 2.54. The molecule has 7 nitrogen and oxygen atoms in total. The number of hydrogen-bond donors (Lipinski definition) is 2. The molecule has 102 valence electrons. The molecule has 0 bridgehead atoms. The number of hydrogen-bond acceptors (Lipinski definition) is 3. The van der Waals surface area contributed by atoms with Crippen molar-refractivity contribution in [1.82, 2.24) is 25.1 Å². The van der Waals surface area contributed by atoms with E-state index in [-0.39, 0.29) is 12.1 Å². The second kappa shape index (κ2) is 4.91. The lowest BCUT2D eigenvalue weighted by Gasteiger charge is -2.14. The van der Waals surface area contributed by atoms with E-state index in [1.165, 1.54) is 17.7 Å². The van der Waals surface area contributed by atoms with E-state index in [2.05, 4.69) is 20.2 Å². The van der Waals surface area contributed by atoms with Crippen molar-refractivity contribution in [3.05, 3.63) is 18.2 Å². The van der Waals surface area contributed by atoms with Crippen molar-refractivity contribution < 1.29 is 9.59 Å². The molecule has 7 heteroatoms. The maximum atomic E-state index is 11.7. The predicted molar refractivity (Wildman–Crippen MR) is 67.7 cm³/mol.